The summed E-state index contributed by atoms with van der Waals surface area (Å²) in [5.41, 5.74) is 1.07. The van der Waals surface area contributed by atoms with Crippen LogP contribution in [0.2, 0.25) is 0 Å². The summed E-state index contributed by atoms with van der Waals surface area (Å²) in [6.07, 6.45) is 0. The average molecular weight is 214 g/mol. The molecule has 0 bridgehead atoms. The molecule has 0 aliphatic rings. The SMILES string of the molecule is O=C(CCl)c1ccc2nnsc2n1. The third kappa shape index (κ3) is 1.52. The fraction of sp³-hybridized carbons (Fsp3) is 0.143. The van der Waals surface area contributed by atoms with Crippen molar-refractivity contribution in [2.24, 2.45) is 0 Å². The summed E-state index contributed by atoms with van der Waals surface area (Å²) in [5, 5.41) is 3.81. The van der Waals surface area contributed by atoms with E-state index in [-0.39, 0.29) is 11.7 Å². The number of rotatable bonds is 2. The highest BCUT2D eigenvalue weighted by atomic mass is 35.5. The molecule has 0 radical (unpaired) electrons. The zero-order valence-electron chi connectivity index (χ0n) is 6.40. The van der Waals surface area contributed by atoms with E-state index in [4.69, 9.17) is 11.6 Å². The van der Waals surface area contributed by atoms with Gasteiger partial charge in [0.05, 0.1) is 5.88 Å². The fourth-order valence-electron chi connectivity index (χ4n) is 0.903. The Balaban J connectivity index is 2.54. The minimum absolute atomic E-state index is 0.0509. The van der Waals surface area contributed by atoms with Gasteiger partial charge in [0.15, 0.2) is 10.6 Å². The number of fused-ring (bicyclic) bond motifs is 1. The molecule has 4 nitrogen and oxygen atoms in total. The molecular formula is C7H4ClN3OS. The van der Waals surface area contributed by atoms with Crippen molar-refractivity contribution in [2.45, 2.75) is 0 Å². The van der Waals surface area contributed by atoms with Gasteiger partial charge in [-0.25, -0.2) is 4.98 Å². The van der Waals surface area contributed by atoms with Crippen LogP contribution in [0, 0.1) is 0 Å². The summed E-state index contributed by atoms with van der Waals surface area (Å²) in [6, 6.07) is 3.32. The molecule has 0 fully saturated rings. The summed E-state index contributed by atoms with van der Waals surface area (Å²) in [6.45, 7) is 0. The van der Waals surface area contributed by atoms with E-state index in [0.29, 0.717) is 16.0 Å². The van der Waals surface area contributed by atoms with Gasteiger partial charge < -0.3 is 0 Å². The van der Waals surface area contributed by atoms with Gasteiger partial charge in [-0.15, -0.1) is 16.7 Å². The number of Topliss-reactive ketones (excluding diaryl/α,β-unsaturated/α-hetero) is 1. The van der Waals surface area contributed by atoms with Crippen molar-refractivity contribution in [1.82, 2.24) is 14.6 Å². The van der Waals surface area contributed by atoms with Crippen molar-refractivity contribution in [3.8, 4) is 0 Å². The Hall–Kier alpha value is -1.07. The average Bonchev–Trinajstić information content (AvgIpc) is 2.63. The maximum atomic E-state index is 11.1. The summed E-state index contributed by atoms with van der Waals surface area (Å²) in [7, 11) is 0. The molecule has 2 heterocycles. The molecule has 66 valence electrons. The van der Waals surface area contributed by atoms with Gasteiger partial charge in [0, 0.05) is 11.5 Å². The van der Waals surface area contributed by atoms with Crippen LogP contribution in [-0.4, -0.2) is 26.2 Å². The Morgan fingerprint density at radius 2 is 2.38 bits per heavy atom. The Bertz CT molecular complexity index is 456. The predicted octanol–water partition coefficient (Wildman–Crippen LogP) is 1.51. The molecule has 0 aliphatic carbocycles. The first-order chi connectivity index (χ1) is 6.31. The van der Waals surface area contributed by atoms with Crippen LogP contribution >= 0.6 is 23.1 Å². The Morgan fingerprint density at radius 1 is 1.54 bits per heavy atom. The second-order valence-electron chi connectivity index (χ2n) is 2.35. The van der Waals surface area contributed by atoms with Crippen molar-refractivity contribution < 1.29 is 4.79 Å². The van der Waals surface area contributed by atoms with Gasteiger partial charge in [-0.2, -0.15) is 0 Å². The standard InChI is InChI=1S/C7H4ClN3OS/c8-3-6(12)4-1-2-5-7(9-4)13-11-10-5/h1-2H,3H2. The number of aromatic nitrogens is 3. The molecule has 2 aromatic rings. The Morgan fingerprint density at radius 3 is 3.15 bits per heavy atom. The lowest BCUT2D eigenvalue weighted by atomic mass is 10.3. The van der Waals surface area contributed by atoms with Gasteiger partial charge in [0.1, 0.15) is 11.2 Å². The summed E-state index contributed by atoms with van der Waals surface area (Å²) in [4.78, 5) is 15.9. The van der Waals surface area contributed by atoms with Gasteiger partial charge in [0.25, 0.3) is 0 Å². The van der Waals surface area contributed by atoms with E-state index in [1.54, 1.807) is 12.1 Å². The summed E-state index contributed by atoms with van der Waals surface area (Å²) in [5.74, 6) is -0.234. The molecular weight excluding hydrogens is 210 g/mol. The lowest BCUT2D eigenvalue weighted by molar-refractivity contribution is 0.101. The molecule has 0 amide bonds. The van der Waals surface area contributed by atoms with Crippen LogP contribution in [-0.2, 0) is 0 Å². The van der Waals surface area contributed by atoms with Crippen LogP contribution in [0.25, 0.3) is 10.3 Å². The number of pyridine rings is 1. The predicted molar refractivity (Wildman–Crippen MR) is 50.3 cm³/mol. The highest BCUT2D eigenvalue weighted by Gasteiger charge is 2.07. The van der Waals surface area contributed by atoms with Gasteiger partial charge in [0.2, 0.25) is 0 Å². The molecule has 2 aromatic heterocycles. The number of carbonyl (C=O) groups excluding carboxylic acids is 1. The van der Waals surface area contributed by atoms with Crippen LogP contribution < -0.4 is 0 Å². The lowest BCUT2D eigenvalue weighted by Gasteiger charge is -1.93. The number of nitrogens with zero attached hydrogens (tertiary/aromatic N) is 3. The Labute approximate surface area is 82.7 Å². The molecule has 0 unspecified atom stereocenters. The summed E-state index contributed by atoms with van der Waals surface area (Å²) < 4.78 is 3.71. The van der Waals surface area contributed by atoms with Crippen molar-refractivity contribution in [1.29, 1.82) is 0 Å². The van der Waals surface area contributed by atoms with E-state index in [9.17, 15) is 4.79 Å². The van der Waals surface area contributed by atoms with Crippen molar-refractivity contribution >= 4 is 39.3 Å². The van der Waals surface area contributed by atoms with E-state index in [2.05, 4.69) is 14.6 Å². The molecule has 2 rings (SSSR count). The summed E-state index contributed by atoms with van der Waals surface area (Å²) >= 11 is 6.56. The number of carbonyl (C=O) groups is 1. The van der Waals surface area contributed by atoms with Crippen LogP contribution in [0.5, 0.6) is 0 Å². The minimum atomic E-state index is -0.183. The van der Waals surface area contributed by atoms with Gasteiger partial charge in [-0.05, 0) is 12.1 Å². The zero-order chi connectivity index (χ0) is 9.26. The highest BCUT2D eigenvalue weighted by Crippen LogP contribution is 2.13. The number of hydrogen-bond acceptors (Lipinski definition) is 5. The first-order valence-corrected chi connectivity index (χ1v) is 4.80. The number of ketones is 1. The molecule has 0 atom stereocenters. The molecule has 6 heteroatoms. The van der Waals surface area contributed by atoms with E-state index in [1.165, 1.54) is 0 Å². The van der Waals surface area contributed by atoms with E-state index < -0.39 is 0 Å². The van der Waals surface area contributed by atoms with Gasteiger partial charge in [-0.1, -0.05) is 4.49 Å². The van der Waals surface area contributed by atoms with Crippen molar-refractivity contribution in [3.63, 3.8) is 0 Å². The third-order valence-electron chi connectivity index (χ3n) is 1.52. The van der Waals surface area contributed by atoms with Gasteiger partial charge in [-0.3, -0.25) is 4.79 Å². The first-order valence-electron chi connectivity index (χ1n) is 3.49. The second-order valence-corrected chi connectivity index (χ2v) is 3.35. The topological polar surface area (TPSA) is 55.7 Å². The maximum Gasteiger partial charge on any atom is 0.195 e. The third-order valence-corrected chi connectivity index (χ3v) is 2.40. The molecule has 0 saturated heterocycles. The molecule has 0 aliphatic heterocycles. The zero-order valence-corrected chi connectivity index (χ0v) is 7.97. The lowest BCUT2D eigenvalue weighted by Crippen LogP contribution is -2.02. The number of alkyl halides is 1. The number of hydrogen-bond donors (Lipinski definition) is 0. The molecule has 0 N–H and O–H groups in total. The molecule has 13 heavy (non-hydrogen) atoms. The monoisotopic (exact) mass is 213 g/mol. The van der Waals surface area contributed by atoms with E-state index >= 15 is 0 Å². The normalized spacial score (nSPS) is 10.5. The maximum absolute atomic E-state index is 11.1. The highest BCUT2D eigenvalue weighted by molar-refractivity contribution is 7.12. The number of halogens is 1. The van der Waals surface area contributed by atoms with E-state index in [1.807, 2.05) is 0 Å². The second kappa shape index (κ2) is 3.35. The van der Waals surface area contributed by atoms with Crippen LogP contribution in [0.15, 0.2) is 12.1 Å². The van der Waals surface area contributed by atoms with Crippen LogP contribution in [0.1, 0.15) is 10.5 Å². The fourth-order valence-corrected chi connectivity index (χ4v) is 1.59. The first kappa shape index (κ1) is 8.52. The van der Waals surface area contributed by atoms with Gasteiger partial charge >= 0.3 is 0 Å². The quantitative estimate of drug-likeness (QED) is 0.561. The minimum Gasteiger partial charge on any atom is -0.291 e. The van der Waals surface area contributed by atoms with Crippen LogP contribution in [0.4, 0.5) is 0 Å². The van der Waals surface area contributed by atoms with Crippen molar-refractivity contribution in [3.05, 3.63) is 17.8 Å². The van der Waals surface area contributed by atoms with Crippen LogP contribution in [0.3, 0.4) is 0 Å². The van der Waals surface area contributed by atoms with Crippen molar-refractivity contribution in [2.75, 3.05) is 5.88 Å². The van der Waals surface area contributed by atoms with E-state index in [0.717, 1.165) is 11.5 Å². The molecule has 0 saturated carbocycles. The molecule has 0 aromatic carbocycles. The Kier molecular flexibility index (Phi) is 2.20. The smallest absolute Gasteiger partial charge is 0.195 e. The molecule has 0 spiro atoms. The largest absolute Gasteiger partial charge is 0.291 e.